The van der Waals surface area contributed by atoms with Gasteiger partial charge in [0.15, 0.2) is 0 Å². The van der Waals surface area contributed by atoms with Gasteiger partial charge in [-0.15, -0.1) is 0 Å². The normalized spacial score (nSPS) is 19.5. The van der Waals surface area contributed by atoms with Crippen LogP contribution in [-0.4, -0.2) is 34.6 Å². The van der Waals surface area contributed by atoms with E-state index in [4.69, 9.17) is 5.11 Å². The monoisotopic (exact) mass is 263 g/mol. The summed E-state index contributed by atoms with van der Waals surface area (Å²) in [6.45, 7) is 0.855. The van der Waals surface area contributed by atoms with Crippen molar-refractivity contribution in [1.82, 2.24) is 10.3 Å². The van der Waals surface area contributed by atoms with E-state index in [0.717, 1.165) is 32.2 Å². The van der Waals surface area contributed by atoms with Gasteiger partial charge in [-0.3, -0.25) is 4.79 Å². The quantitative estimate of drug-likeness (QED) is 0.763. The van der Waals surface area contributed by atoms with Gasteiger partial charge >= 0.3 is 5.97 Å². The number of nitrogens with one attached hydrogen (secondary N) is 2. The van der Waals surface area contributed by atoms with E-state index in [-0.39, 0.29) is 17.6 Å². The van der Waals surface area contributed by atoms with Gasteiger partial charge in [-0.05, 0) is 31.5 Å². The number of carbonyl (C=O) groups is 2. The SMILES string of the molecule is O=C(O)c1ccc(NC(=O)C2CCCCCN2)cn1. The highest BCUT2D eigenvalue weighted by Gasteiger charge is 2.19. The third-order valence-corrected chi connectivity index (χ3v) is 3.13. The first-order chi connectivity index (χ1) is 9.16. The summed E-state index contributed by atoms with van der Waals surface area (Å²) in [4.78, 5) is 26.4. The second kappa shape index (κ2) is 6.29. The average Bonchev–Trinajstić information content (AvgIpc) is 2.68. The third-order valence-electron chi connectivity index (χ3n) is 3.13. The number of aromatic carboxylic acids is 1. The molecule has 0 bridgehead atoms. The number of carboxylic acid groups (broad SMARTS) is 1. The van der Waals surface area contributed by atoms with Crippen molar-refractivity contribution in [2.45, 2.75) is 31.7 Å². The van der Waals surface area contributed by atoms with Crippen LogP contribution in [0.15, 0.2) is 18.3 Å². The van der Waals surface area contributed by atoms with Crippen LogP contribution in [0.4, 0.5) is 5.69 Å². The van der Waals surface area contributed by atoms with Crippen molar-refractivity contribution in [3.05, 3.63) is 24.0 Å². The molecule has 0 spiro atoms. The molecule has 0 aromatic carbocycles. The van der Waals surface area contributed by atoms with Gasteiger partial charge in [-0.25, -0.2) is 9.78 Å². The molecule has 1 aromatic heterocycles. The second-order valence-corrected chi connectivity index (χ2v) is 4.58. The molecule has 1 aliphatic heterocycles. The summed E-state index contributed by atoms with van der Waals surface area (Å²) in [5.41, 5.74) is 0.478. The molecular formula is C13H17N3O3. The number of hydrogen-bond donors (Lipinski definition) is 3. The van der Waals surface area contributed by atoms with Crippen LogP contribution in [-0.2, 0) is 4.79 Å². The number of rotatable bonds is 3. The summed E-state index contributed by atoms with van der Waals surface area (Å²) in [6.07, 6.45) is 5.47. The zero-order valence-electron chi connectivity index (χ0n) is 10.6. The fourth-order valence-corrected chi connectivity index (χ4v) is 2.08. The van der Waals surface area contributed by atoms with E-state index >= 15 is 0 Å². The Morgan fingerprint density at radius 2 is 2.16 bits per heavy atom. The van der Waals surface area contributed by atoms with Gasteiger partial charge in [-0.1, -0.05) is 12.8 Å². The Labute approximate surface area is 111 Å². The van der Waals surface area contributed by atoms with E-state index in [0.29, 0.717) is 5.69 Å². The Morgan fingerprint density at radius 1 is 1.32 bits per heavy atom. The van der Waals surface area contributed by atoms with E-state index in [2.05, 4.69) is 15.6 Å². The largest absolute Gasteiger partial charge is 0.477 e. The smallest absolute Gasteiger partial charge is 0.354 e. The van der Waals surface area contributed by atoms with Crippen molar-refractivity contribution in [1.29, 1.82) is 0 Å². The minimum atomic E-state index is -1.08. The van der Waals surface area contributed by atoms with Crippen molar-refractivity contribution in [2.24, 2.45) is 0 Å². The van der Waals surface area contributed by atoms with Crippen LogP contribution in [0.2, 0.25) is 0 Å². The molecule has 0 radical (unpaired) electrons. The number of anilines is 1. The van der Waals surface area contributed by atoms with E-state index in [9.17, 15) is 9.59 Å². The number of amides is 1. The van der Waals surface area contributed by atoms with Gasteiger partial charge < -0.3 is 15.7 Å². The van der Waals surface area contributed by atoms with E-state index in [1.54, 1.807) is 6.07 Å². The zero-order chi connectivity index (χ0) is 13.7. The van der Waals surface area contributed by atoms with Crippen molar-refractivity contribution in [3.8, 4) is 0 Å². The molecule has 1 amide bonds. The number of pyridine rings is 1. The first-order valence-electron chi connectivity index (χ1n) is 6.40. The van der Waals surface area contributed by atoms with E-state index in [1.807, 2.05) is 0 Å². The minimum Gasteiger partial charge on any atom is -0.477 e. The van der Waals surface area contributed by atoms with E-state index in [1.165, 1.54) is 12.3 Å². The van der Waals surface area contributed by atoms with Gasteiger partial charge in [0, 0.05) is 0 Å². The number of hydrogen-bond acceptors (Lipinski definition) is 4. The van der Waals surface area contributed by atoms with Gasteiger partial charge in [0.25, 0.3) is 0 Å². The lowest BCUT2D eigenvalue weighted by Gasteiger charge is -2.15. The van der Waals surface area contributed by atoms with Crippen molar-refractivity contribution < 1.29 is 14.7 Å². The summed E-state index contributed by atoms with van der Waals surface area (Å²) in [6, 6.07) is 2.74. The molecule has 1 atom stereocenters. The minimum absolute atomic E-state index is 0.0365. The summed E-state index contributed by atoms with van der Waals surface area (Å²) in [5, 5.41) is 14.7. The first-order valence-corrected chi connectivity index (χ1v) is 6.40. The van der Waals surface area contributed by atoms with Crippen LogP contribution in [0.25, 0.3) is 0 Å². The fourth-order valence-electron chi connectivity index (χ4n) is 2.08. The average molecular weight is 263 g/mol. The molecule has 1 saturated heterocycles. The predicted molar refractivity (Wildman–Crippen MR) is 70.1 cm³/mol. The zero-order valence-corrected chi connectivity index (χ0v) is 10.6. The summed E-state index contributed by atoms with van der Waals surface area (Å²) < 4.78 is 0. The number of carbonyl (C=O) groups excluding carboxylic acids is 1. The first kappa shape index (κ1) is 13.5. The molecule has 1 fully saturated rings. The Bertz CT molecular complexity index is 451. The van der Waals surface area contributed by atoms with Crippen molar-refractivity contribution in [2.75, 3.05) is 11.9 Å². The standard InChI is InChI=1S/C13H17N3O3/c17-12(10-4-2-1-3-7-14-10)16-9-5-6-11(13(18)19)15-8-9/h5-6,8,10,14H,1-4,7H2,(H,16,17)(H,18,19). The highest BCUT2D eigenvalue weighted by atomic mass is 16.4. The lowest BCUT2D eigenvalue weighted by atomic mass is 10.1. The highest BCUT2D eigenvalue weighted by Crippen LogP contribution is 2.12. The van der Waals surface area contributed by atoms with Gasteiger partial charge in [0.05, 0.1) is 17.9 Å². The second-order valence-electron chi connectivity index (χ2n) is 4.58. The third kappa shape index (κ3) is 3.75. The van der Waals surface area contributed by atoms with Crippen molar-refractivity contribution >= 4 is 17.6 Å². The lowest BCUT2D eigenvalue weighted by molar-refractivity contribution is -0.118. The molecule has 102 valence electrons. The van der Waals surface area contributed by atoms with Crippen LogP contribution in [0.5, 0.6) is 0 Å². The Balaban J connectivity index is 1.95. The Hall–Kier alpha value is -1.95. The lowest BCUT2D eigenvalue weighted by Crippen LogP contribution is -2.39. The maximum Gasteiger partial charge on any atom is 0.354 e. The predicted octanol–water partition coefficient (Wildman–Crippen LogP) is 1.25. The molecule has 1 aliphatic rings. The van der Waals surface area contributed by atoms with E-state index < -0.39 is 5.97 Å². The van der Waals surface area contributed by atoms with Crippen molar-refractivity contribution in [3.63, 3.8) is 0 Å². The molecule has 1 unspecified atom stereocenters. The molecule has 3 N–H and O–H groups in total. The molecule has 2 heterocycles. The number of carboxylic acids is 1. The maximum absolute atomic E-state index is 12.0. The summed E-state index contributed by atoms with van der Waals surface area (Å²) >= 11 is 0. The number of nitrogens with zero attached hydrogens (tertiary/aromatic N) is 1. The van der Waals surface area contributed by atoms with Crippen LogP contribution >= 0.6 is 0 Å². The van der Waals surface area contributed by atoms with Gasteiger partial charge in [-0.2, -0.15) is 0 Å². The van der Waals surface area contributed by atoms with Gasteiger partial charge in [0.1, 0.15) is 5.69 Å². The molecule has 6 nitrogen and oxygen atoms in total. The molecule has 1 aromatic rings. The molecule has 2 rings (SSSR count). The topological polar surface area (TPSA) is 91.3 Å². The molecule has 19 heavy (non-hydrogen) atoms. The van der Waals surface area contributed by atoms with Crippen LogP contribution < -0.4 is 10.6 Å². The molecule has 0 aliphatic carbocycles. The molecular weight excluding hydrogens is 246 g/mol. The summed E-state index contributed by atoms with van der Waals surface area (Å²) in [7, 11) is 0. The van der Waals surface area contributed by atoms with Crippen LogP contribution in [0.3, 0.4) is 0 Å². The summed E-state index contributed by atoms with van der Waals surface area (Å²) in [5.74, 6) is -1.17. The molecule has 0 saturated carbocycles. The Kier molecular flexibility index (Phi) is 4.46. The highest BCUT2D eigenvalue weighted by molar-refractivity contribution is 5.95. The Morgan fingerprint density at radius 3 is 2.84 bits per heavy atom. The van der Waals surface area contributed by atoms with Gasteiger partial charge in [0.2, 0.25) is 5.91 Å². The fraction of sp³-hybridized carbons (Fsp3) is 0.462. The van der Waals surface area contributed by atoms with Crippen LogP contribution in [0.1, 0.15) is 36.2 Å². The number of aromatic nitrogens is 1. The molecule has 6 heteroatoms. The maximum atomic E-state index is 12.0. The van der Waals surface area contributed by atoms with Crippen LogP contribution in [0, 0.1) is 0 Å².